The molecule has 0 aliphatic carbocycles. The number of carbonyl (C=O) groups excluding carboxylic acids is 1. The van der Waals surface area contributed by atoms with Gasteiger partial charge in [0.15, 0.2) is 6.61 Å². The summed E-state index contributed by atoms with van der Waals surface area (Å²) in [6.45, 7) is -0.283. The summed E-state index contributed by atoms with van der Waals surface area (Å²) in [4.78, 5) is 11.1. The number of aliphatic hydroxyl groups excluding tert-OH is 1. The lowest BCUT2D eigenvalue weighted by Gasteiger charge is -2.06. The zero-order valence-corrected chi connectivity index (χ0v) is 9.05. The Morgan fingerprint density at radius 1 is 1.41 bits per heavy atom. The largest absolute Gasteiger partial charge is 0.479 e. The highest BCUT2D eigenvalue weighted by atomic mass is 16.6. The minimum absolute atomic E-state index is 0.0225. The van der Waals surface area contributed by atoms with E-state index in [1.807, 2.05) is 6.07 Å². The Bertz CT molecular complexity index is 397. The van der Waals surface area contributed by atoms with Crippen LogP contribution in [0.2, 0.25) is 0 Å². The zero-order valence-electron chi connectivity index (χ0n) is 9.05. The first kappa shape index (κ1) is 12.8. The molecule has 1 amide bonds. The maximum absolute atomic E-state index is 11.1. The van der Waals surface area contributed by atoms with Crippen molar-refractivity contribution >= 4 is 11.8 Å². The summed E-state index contributed by atoms with van der Waals surface area (Å²) in [5.41, 5.74) is 0.539. The number of carbonyl (C=O) groups is 1. The number of nitriles is 1. The second-order valence-electron chi connectivity index (χ2n) is 2.96. The maximum atomic E-state index is 11.1. The van der Waals surface area contributed by atoms with Crippen LogP contribution < -0.4 is 10.1 Å². The van der Waals surface area contributed by atoms with Gasteiger partial charge < -0.3 is 14.6 Å². The second-order valence-corrected chi connectivity index (χ2v) is 2.96. The molecule has 0 aromatic heterocycles. The quantitative estimate of drug-likeness (QED) is 0.799. The van der Waals surface area contributed by atoms with Crippen molar-refractivity contribution in [1.29, 1.82) is 5.26 Å². The van der Waals surface area contributed by atoms with Crippen LogP contribution in [0.3, 0.4) is 0 Å². The molecule has 0 aliphatic heterocycles. The fraction of sp³-hybridized carbons (Fsp3) is 0.273. The minimum atomic E-state index is -0.634. The summed E-state index contributed by atoms with van der Waals surface area (Å²) >= 11 is 0. The zero-order chi connectivity index (χ0) is 12.5. The molecule has 6 heteroatoms. The summed E-state index contributed by atoms with van der Waals surface area (Å²) in [5, 5.41) is 19.2. The number of nitrogens with zero attached hydrogens (tertiary/aromatic N) is 1. The molecule has 0 spiro atoms. The first-order valence-corrected chi connectivity index (χ1v) is 4.90. The number of hydrogen-bond acceptors (Lipinski definition) is 5. The summed E-state index contributed by atoms with van der Waals surface area (Å²) in [6, 6.07) is 8.33. The third-order valence-electron chi connectivity index (χ3n) is 1.73. The van der Waals surface area contributed by atoms with E-state index in [1.54, 1.807) is 24.3 Å². The summed E-state index contributed by atoms with van der Waals surface area (Å²) in [7, 11) is 0. The van der Waals surface area contributed by atoms with Gasteiger partial charge in [-0.1, -0.05) is 0 Å². The molecule has 17 heavy (non-hydrogen) atoms. The molecule has 0 atom stereocenters. The van der Waals surface area contributed by atoms with Gasteiger partial charge >= 0.3 is 6.09 Å². The van der Waals surface area contributed by atoms with Crippen molar-refractivity contribution in [2.24, 2.45) is 0 Å². The van der Waals surface area contributed by atoms with E-state index >= 15 is 0 Å². The van der Waals surface area contributed by atoms with E-state index in [0.29, 0.717) is 11.4 Å². The molecule has 0 radical (unpaired) electrons. The van der Waals surface area contributed by atoms with E-state index in [2.05, 4.69) is 10.1 Å². The lowest BCUT2D eigenvalue weighted by Crippen LogP contribution is -2.15. The van der Waals surface area contributed by atoms with Crippen molar-refractivity contribution < 1.29 is 19.4 Å². The molecule has 0 aliphatic rings. The lowest BCUT2D eigenvalue weighted by molar-refractivity contribution is 0.131. The van der Waals surface area contributed by atoms with Crippen molar-refractivity contribution in [3.05, 3.63) is 24.3 Å². The summed E-state index contributed by atoms with van der Waals surface area (Å²) < 4.78 is 9.66. The van der Waals surface area contributed by atoms with Crippen LogP contribution in [0.1, 0.15) is 0 Å². The Hall–Kier alpha value is -2.26. The van der Waals surface area contributed by atoms with E-state index < -0.39 is 6.09 Å². The van der Waals surface area contributed by atoms with Crippen LogP contribution in [0, 0.1) is 11.3 Å². The van der Waals surface area contributed by atoms with Gasteiger partial charge in [-0.05, 0) is 24.3 Å². The van der Waals surface area contributed by atoms with Gasteiger partial charge in [-0.25, -0.2) is 4.79 Å². The molecule has 0 saturated heterocycles. The first-order chi connectivity index (χ1) is 8.26. The van der Waals surface area contributed by atoms with Gasteiger partial charge in [-0.3, -0.25) is 5.32 Å². The Morgan fingerprint density at radius 3 is 2.71 bits per heavy atom. The van der Waals surface area contributed by atoms with Gasteiger partial charge in [-0.2, -0.15) is 5.26 Å². The minimum Gasteiger partial charge on any atom is -0.479 e. The molecule has 0 unspecified atom stereocenters. The number of hydrogen-bond donors (Lipinski definition) is 2. The van der Waals surface area contributed by atoms with E-state index in [0.717, 1.165) is 0 Å². The highest BCUT2D eigenvalue weighted by molar-refractivity contribution is 5.84. The molecule has 0 bridgehead atoms. The Balaban J connectivity index is 2.45. The number of aliphatic hydroxyl groups is 1. The molecule has 0 fully saturated rings. The average molecular weight is 236 g/mol. The van der Waals surface area contributed by atoms with Crippen molar-refractivity contribution in [3.63, 3.8) is 0 Å². The third-order valence-corrected chi connectivity index (χ3v) is 1.73. The lowest BCUT2D eigenvalue weighted by atomic mass is 10.3. The van der Waals surface area contributed by atoms with Crippen LogP contribution in [0.15, 0.2) is 24.3 Å². The summed E-state index contributed by atoms with van der Waals surface area (Å²) in [5.74, 6) is 0.542. The molecular formula is C11H12N2O4. The normalized spacial score (nSPS) is 9.18. The number of nitrogens with one attached hydrogen (secondary N) is 1. The fourth-order valence-electron chi connectivity index (χ4n) is 1.04. The van der Waals surface area contributed by atoms with Crippen molar-refractivity contribution in [2.75, 3.05) is 25.1 Å². The van der Waals surface area contributed by atoms with Gasteiger partial charge in [0.1, 0.15) is 18.4 Å². The summed E-state index contributed by atoms with van der Waals surface area (Å²) in [6.07, 6.45) is -0.634. The molecular weight excluding hydrogens is 224 g/mol. The molecule has 90 valence electrons. The van der Waals surface area contributed by atoms with Crippen molar-refractivity contribution in [3.8, 4) is 11.8 Å². The number of anilines is 1. The van der Waals surface area contributed by atoms with Crippen LogP contribution in [0.4, 0.5) is 10.5 Å². The third kappa shape index (κ3) is 4.86. The number of rotatable bonds is 5. The number of ether oxygens (including phenoxy) is 2. The molecule has 1 aromatic carbocycles. The van der Waals surface area contributed by atoms with Gasteiger partial charge in [0, 0.05) is 5.69 Å². The predicted molar refractivity (Wildman–Crippen MR) is 59.6 cm³/mol. The number of amides is 1. The first-order valence-electron chi connectivity index (χ1n) is 4.90. The van der Waals surface area contributed by atoms with Crippen molar-refractivity contribution in [2.45, 2.75) is 0 Å². The standard InChI is InChI=1S/C11H12N2O4/c12-5-7-16-10-3-1-9(2-4-10)13-11(15)17-8-6-14/h1-4,14H,6-8H2,(H,13,15). The van der Waals surface area contributed by atoms with Crippen molar-refractivity contribution in [1.82, 2.24) is 0 Å². The van der Waals surface area contributed by atoms with E-state index in [4.69, 9.17) is 15.1 Å². The monoisotopic (exact) mass is 236 g/mol. The average Bonchev–Trinajstić information content (AvgIpc) is 2.35. The van der Waals surface area contributed by atoms with Gasteiger partial charge in [0.2, 0.25) is 0 Å². The van der Waals surface area contributed by atoms with Crippen LogP contribution in [0.25, 0.3) is 0 Å². The van der Waals surface area contributed by atoms with Gasteiger partial charge in [-0.15, -0.1) is 0 Å². The van der Waals surface area contributed by atoms with E-state index in [9.17, 15) is 4.79 Å². The maximum Gasteiger partial charge on any atom is 0.411 e. The molecule has 0 heterocycles. The Morgan fingerprint density at radius 2 is 2.12 bits per heavy atom. The second kappa shape index (κ2) is 7.09. The van der Waals surface area contributed by atoms with Crippen LogP contribution in [0.5, 0.6) is 5.75 Å². The topological polar surface area (TPSA) is 91.6 Å². The van der Waals surface area contributed by atoms with Crippen LogP contribution in [-0.4, -0.2) is 31.0 Å². The molecule has 6 nitrogen and oxygen atoms in total. The fourth-order valence-corrected chi connectivity index (χ4v) is 1.04. The molecule has 1 aromatic rings. The molecule has 0 saturated carbocycles. The Labute approximate surface area is 98.4 Å². The molecule has 1 rings (SSSR count). The van der Waals surface area contributed by atoms with E-state index in [1.165, 1.54) is 0 Å². The predicted octanol–water partition coefficient (Wildman–Crippen LogP) is 1.13. The van der Waals surface area contributed by atoms with Crippen LogP contribution >= 0.6 is 0 Å². The van der Waals surface area contributed by atoms with Crippen LogP contribution in [-0.2, 0) is 4.74 Å². The highest BCUT2D eigenvalue weighted by Gasteiger charge is 2.02. The van der Waals surface area contributed by atoms with E-state index in [-0.39, 0.29) is 19.8 Å². The Kier molecular flexibility index (Phi) is 5.34. The molecule has 2 N–H and O–H groups in total. The van der Waals surface area contributed by atoms with Gasteiger partial charge in [0.25, 0.3) is 0 Å². The SMILES string of the molecule is N#CCOc1ccc(NC(=O)OCCO)cc1. The van der Waals surface area contributed by atoms with Gasteiger partial charge in [0.05, 0.1) is 6.61 Å². The highest BCUT2D eigenvalue weighted by Crippen LogP contribution is 2.15. The smallest absolute Gasteiger partial charge is 0.411 e. The number of benzene rings is 1.